The molecule has 0 amide bonds. The lowest BCUT2D eigenvalue weighted by atomic mass is 9.81. The van der Waals surface area contributed by atoms with Gasteiger partial charge in [-0.25, -0.2) is 4.98 Å². The van der Waals surface area contributed by atoms with Crippen molar-refractivity contribution < 1.29 is 4.74 Å². The number of hydrogen-bond donors (Lipinski definition) is 1. The van der Waals surface area contributed by atoms with Crippen LogP contribution in [0.5, 0.6) is 5.19 Å². The molecule has 6 heteroatoms. The van der Waals surface area contributed by atoms with Crippen molar-refractivity contribution in [2.75, 3.05) is 0 Å². The first-order valence-electron chi connectivity index (χ1n) is 10.5. The van der Waals surface area contributed by atoms with Crippen molar-refractivity contribution in [2.45, 2.75) is 57.7 Å². The Morgan fingerprint density at radius 3 is 2.40 bits per heavy atom. The van der Waals surface area contributed by atoms with Crippen molar-refractivity contribution in [3.63, 3.8) is 0 Å². The molecule has 1 aliphatic rings. The second-order valence-electron chi connectivity index (χ2n) is 9.78. The molecule has 156 valence electrons. The van der Waals surface area contributed by atoms with Crippen LogP contribution in [0.1, 0.15) is 40.5 Å². The first-order chi connectivity index (χ1) is 14.2. The molecule has 0 unspecified atom stereocenters. The lowest BCUT2D eigenvalue weighted by Crippen LogP contribution is -2.60. The van der Waals surface area contributed by atoms with E-state index in [1.807, 2.05) is 11.7 Å². The van der Waals surface area contributed by atoms with Crippen LogP contribution in [0.2, 0.25) is 0 Å². The minimum absolute atomic E-state index is 0.0568. The molecule has 1 saturated heterocycles. The van der Waals surface area contributed by atoms with Crippen molar-refractivity contribution in [2.24, 2.45) is 7.05 Å². The van der Waals surface area contributed by atoms with Crippen molar-refractivity contribution in [1.29, 1.82) is 0 Å². The van der Waals surface area contributed by atoms with Crippen LogP contribution >= 0.6 is 11.3 Å². The van der Waals surface area contributed by atoms with Gasteiger partial charge in [-0.2, -0.15) is 5.10 Å². The maximum Gasteiger partial charge on any atom is 0.274 e. The van der Waals surface area contributed by atoms with Gasteiger partial charge in [0.15, 0.2) is 0 Å². The van der Waals surface area contributed by atoms with E-state index in [1.54, 1.807) is 11.3 Å². The lowest BCUT2D eigenvalue weighted by Gasteiger charge is -2.45. The number of fused-ring (bicyclic) bond motifs is 2. The fraction of sp³-hybridized carbons (Fsp3) is 0.417. The number of piperidine rings is 1. The van der Waals surface area contributed by atoms with Crippen molar-refractivity contribution in [3.05, 3.63) is 42.6 Å². The largest absolute Gasteiger partial charge is 0.467 e. The fourth-order valence-electron chi connectivity index (χ4n) is 4.92. The van der Waals surface area contributed by atoms with Crippen LogP contribution in [0.15, 0.2) is 42.6 Å². The fourth-order valence-corrected chi connectivity index (χ4v) is 5.84. The molecular formula is C24H28N4OS. The topological polar surface area (TPSA) is 52.0 Å². The van der Waals surface area contributed by atoms with E-state index in [-0.39, 0.29) is 17.2 Å². The third-order valence-corrected chi connectivity index (χ3v) is 6.65. The molecule has 1 fully saturated rings. The van der Waals surface area contributed by atoms with Crippen LogP contribution in [0.4, 0.5) is 0 Å². The summed E-state index contributed by atoms with van der Waals surface area (Å²) in [5.41, 5.74) is 4.50. The van der Waals surface area contributed by atoms with E-state index in [0.717, 1.165) is 39.2 Å². The van der Waals surface area contributed by atoms with E-state index in [1.165, 1.54) is 11.1 Å². The van der Waals surface area contributed by atoms with Gasteiger partial charge in [-0.1, -0.05) is 23.5 Å². The first-order valence-corrected chi connectivity index (χ1v) is 11.3. The average Bonchev–Trinajstić information content (AvgIpc) is 3.18. The van der Waals surface area contributed by atoms with Crippen molar-refractivity contribution in [3.8, 4) is 16.3 Å². The monoisotopic (exact) mass is 420 g/mol. The van der Waals surface area contributed by atoms with Gasteiger partial charge in [-0.05, 0) is 63.1 Å². The van der Waals surface area contributed by atoms with E-state index in [4.69, 9.17) is 9.72 Å². The zero-order valence-corrected chi connectivity index (χ0v) is 19.0. The van der Waals surface area contributed by atoms with E-state index in [9.17, 15) is 0 Å². The minimum Gasteiger partial charge on any atom is -0.467 e. The molecule has 0 atom stereocenters. The highest BCUT2D eigenvalue weighted by molar-refractivity contribution is 7.20. The highest BCUT2D eigenvalue weighted by Crippen LogP contribution is 2.36. The molecule has 2 aromatic heterocycles. The third-order valence-electron chi connectivity index (χ3n) is 5.74. The molecule has 1 aliphatic heterocycles. The molecule has 3 heterocycles. The normalized spacial score (nSPS) is 18.8. The molecule has 1 N–H and O–H groups in total. The molecule has 0 bridgehead atoms. The second kappa shape index (κ2) is 6.79. The summed E-state index contributed by atoms with van der Waals surface area (Å²) in [6.45, 7) is 8.98. The Bertz CT molecular complexity index is 1220. The van der Waals surface area contributed by atoms with Crippen molar-refractivity contribution in [1.82, 2.24) is 20.1 Å². The number of thiazole rings is 1. The second-order valence-corrected chi connectivity index (χ2v) is 10.8. The van der Waals surface area contributed by atoms with E-state index in [0.29, 0.717) is 0 Å². The average molecular weight is 421 g/mol. The van der Waals surface area contributed by atoms with Gasteiger partial charge in [-0.3, -0.25) is 4.68 Å². The van der Waals surface area contributed by atoms with Crippen LogP contribution in [0, 0.1) is 0 Å². The maximum atomic E-state index is 6.37. The Morgan fingerprint density at radius 2 is 1.67 bits per heavy atom. The van der Waals surface area contributed by atoms with Gasteiger partial charge >= 0.3 is 0 Å². The molecule has 0 spiro atoms. The van der Waals surface area contributed by atoms with Crippen LogP contribution in [0.3, 0.4) is 0 Å². The van der Waals surface area contributed by atoms with Crippen LogP contribution < -0.4 is 10.1 Å². The number of aromatic nitrogens is 3. The first kappa shape index (κ1) is 19.5. The van der Waals surface area contributed by atoms with Gasteiger partial charge < -0.3 is 10.1 Å². The van der Waals surface area contributed by atoms with E-state index in [2.05, 4.69) is 80.7 Å². The number of hydrogen-bond acceptors (Lipinski definition) is 5. The van der Waals surface area contributed by atoms with Crippen LogP contribution in [0.25, 0.3) is 32.2 Å². The summed E-state index contributed by atoms with van der Waals surface area (Å²) < 4.78 is 9.38. The van der Waals surface area contributed by atoms with E-state index < -0.39 is 0 Å². The van der Waals surface area contributed by atoms with Crippen LogP contribution in [-0.4, -0.2) is 31.9 Å². The zero-order valence-electron chi connectivity index (χ0n) is 18.2. The molecule has 0 aliphatic carbocycles. The van der Waals surface area contributed by atoms with Crippen molar-refractivity contribution >= 4 is 32.5 Å². The molecular weight excluding hydrogens is 392 g/mol. The van der Waals surface area contributed by atoms with Gasteiger partial charge in [0.25, 0.3) is 5.19 Å². The Labute approximate surface area is 181 Å². The summed E-state index contributed by atoms with van der Waals surface area (Å²) in [5, 5.41) is 10.1. The number of aryl methyl sites for hydroxylation is 1. The third kappa shape index (κ3) is 3.82. The van der Waals surface area contributed by atoms with Gasteiger partial charge in [0.05, 0.1) is 15.7 Å². The number of nitrogens with zero attached hydrogens (tertiary/aromatic N) is 3. The van der Waals surface area contributed by atoms with E-state index >= 15 is 0 Å². The molecule has 2 aromatic carbocycles. The summed E-state index contributed by atoms with van der Waals surface area (Å²) >= 11 is 1.64. The predicted molar refractivity (Wildman–Crippen MR) is 124 cm³/mol. The van der Waals surface area contributed by atoms with Gasteiger partial charge in [-0.15, -0.1) is 0 Å². The molecule has 0 radical (unpaired) electrons. The van der Waals surface area contributed by atoms with Gasteiger partial charge in [0.2, 0.25) is 0 Å². The summed E-state index contributed by atoms with van der Waals surface area (Å²) in [6.07, 6.45) is 4.17. The lowest BCUT2D eigenvalue weighted by molar-refractivity contribution is 0.0559. The highest BCUT2D eigenvalue weighted by Gasteiger charge is 2.39. The SMILES string of the molecule is Cn1cc2cc(-c3ccc4nc(OC5CC(C)(C)NC(C)(C)C5)sc4c3)ccc2n1. The number of nitrogens with one attached hydrogen (secondary N) is 1. The number of ether oxygens (including phenoxy) is 1. The zero-order chi connectivity index (χ0) is 21.1. The number of benzene rings is 2. The molecule has 30 heavy (non-hydrogen) atoms. The predicted octanol–water partition coefficient (Wildman–Crippen LogP) is 5.54. The van der Waals surface area contributed by atoms with Gasteiger partial charge in [0.1, 0.15) is 6.10 Å². The summed E-state index contributed by atoms with van der Waals surface area (Å²) in [6, 6.07) is 12.9. The summed E-state index contributed by atoms with van der Waals surface area (Å²) in [4.78, 5) is 4.75. The molecule has 5 rings (SSSR count). The quantitative estimate of drug-likeness (QED) is 0.473. The van der Waals surface area contributed by atoms with Crippen LogP contribution in [-0.2, 0) is 7.05 Å². The Hall–Kier alpha value is -2.44. The Balaban J connectivity index is 1.42. The smallest absolute Gasteiger partial charge is 0.274 e. The molecule has 0 saturated carbocycles. The minimum atomic E-state index is 0.0568. The maximum absolute atomic E-state index is 6.37. The highest BCUT2D eigenvalue weighted by atomic mass is 32.1. The molecule has 5 nitrogen and oxygen atoms in total. The number of rotatable bonds is 3. The Morgan fingerprint density at radius 1 is 1.00 bits per heavy atom. The Kier molecular flexibility index (Phi) is 4.42. The standard InChI is InChI=1S/C24H28N4OS/c1-23(2)12-18(13-24(3,4)27-23)29-22-25-20-9-7-16(11-21(20)30-22)15-6-8-19-17(10-15)14-28(5)26-19/h6-11,14,18,27H,12-13H2,1-5H3. The summed E-state index contributed by atoms with van der Waals surface area (Å²) in [7, 11) is 1.95. The molecule has 4 aromatic rings. The summed E-state index contributed by atoms with van der Waals surface area (Å²) in [5.74, 6) is 0. The van der Waals surface area contributed by atoms with Gasteiger partial charge in [0, 0.05) is 42.6 Å².